The highest BCUT2D eigenvalue weighted by molar-refractivity contribution is 5.94. The van der Waals surface area contributed by atoms with Crippen LogP contribution in [0.15, 0.2) is 48.5 Å². The number of alkyl halides is 3. The Morgan fingerprint density at radius 2 is 1.61 bits per heavy atom. The molecule has 41 heavy (non-hydrogen) atoms. The Morgan fingerprint density at radius 3 is 2.15 bits per heavy atom. The molecule has 0 saturated carbocycles. The Bertz CT molecular complexity index is 1340. The van der Waals surface area contributed by atoms with Gasteiger partial charge in [0.05, 0.1) is 29.9 Å². The highest BCUT2D eigenvalue weighted by atomic mass is 19.4. The van der Waals surface area contributed by atoms with Crippen molar-refractivity contribution in [3.05, 3.63) is 82.4 Å². The molecule has 2 aromatic carbocycles. The van der Waals surface area contributed by atoms with Gasteiger partial charge in [0.25, 0.3) is 5.91 Å². The zero-order valence-electron chi connectivity index (χ0n) is 22.9. The van der Waals surface area contributed by atoms with E-state index < -0.39 is 48.1 Å². The zero-order valence-corrected chi connectivity index (χ0v) is 22.9. The second-order valence-electron chi connectivity index (χ2n) is 10.3. The third kappa shape index (κ3) is 8.37. The first-order chi connectivity index (χ1) is 19.2. The molecule has 1 aromatic heterocycles. The van der Waals surface area contributed by atoms with E-state index >= 15 is 0 Å². The van der Waals surface area contributed by atoms with Crippen molar-refractivity contribution in [2.75, 3.05) is 7.05 Å². The predicted molar refractivity (Wildman–Crippen MR) is 142 cm³/mol. The first-order valence-electron chi connectivity index (χ1n) is 13.0. The third-order valence-electron chi connectivity index (χ3n) is 6.59. The first kappa shape index (κ1) is 31.8. The quantitative estimate of drug-likeness (QED) is 0.262. The number of carboxylic acid groups (broad SMARTS) is 1. The first-order valence-corrected chi connectivity index (χ1v) is 13.0. The van der Waals surface area contributed by atoms with Gasteiger partial charge in [-0.25, -0.2) is 9.07 Å². The van der Waals surface area contributed by atoms with E-state index in [9.17, 15) is 37.4 Å². The number of aliphatic carboxylic acids is 1. The Balaban J connectivity index is 1.93. The molecule has 3 aromatic rings. The lowest BCUT2D eigenvalue weighted by molar-refractivity contribution is -0.139. The van der Waals surface area contributed by atoms with E-state index in [1.165, 1.54) is 53.0 Å². The van der Waals surface area contributed by atoms with Crippen LogP contribution in [0.5, 0.6) is 0 Å². The number of rotatable bonds is 12. The lowest BCUT2D eigenvalue weighted by atomic mass is 9.95. The number of halogens is 4. The number of hydrogen-bond acceptors (Lipinski definition) is 5. The molecule has 2 atom stereocenters. The average Bonchev–Trinajstić information content (AvgIpc) is 3.26. The van der Waals surface area contributed by atoms with Crippen LogP contribution < -0.4 is 0 Å². The molecule has 1 amide bonds. The summed E-state index contributed by atoms with van der Waals surface area (Å²) in [6, 6.07) is 9.97. The van der Waals surface area contributed by atoms with Gasteiger partial charge in [-0.05, 0) is 67.1 Å². The van der Waals surface area contributed by atoms with Crippen LogP contribution in [-0.4, -0.2) is 61.1 Å². The van der Waals surface area contributed by atoms with Crippen LogP contribution in [0.3, 0.4) is 0 Å². The lowest BCUT2D eigenvalue weighted by Gasteiger charge is -2.19. The van der Waals surface area contributed by atoms with Crippen molar-refractivity contribution in [3.63, 3.8) is 0 Å². The summed E-state index contributed by atoms with van der Waals surface area (Å²) >= 11 is 0. The molecule has 1 heterocycles. The second kappa shape index (κ2) is 13.3. The minimum absolute atomic E-state index is 0.0213. The Morgan fingerprint density at radius 1 is 1.00 bits per heavy atom. The summed E-state index contributed by atoms with van der Waals surface area (Å²) in [5.41, 5.74) is 1.42. The molecule has 0 aliphatic heterocycles. The van der Waals surface area contributed by atoms with E-state index in [0.29, 0.717) is 22.5 Å². The van der Waals surface area contributed by atoms with Crippen molar-refractivity contribution < 1.29 is 42.5 Å². The molecule has 222 valence electrons. The van der Waals surface area contributed by atoms with Crippen LogP contribution in [0.25, 0.3) is 5.69 Å². The molecule has 8 nitrogen and oxygen atoms in total. The molecular formula is C29H33F4N3O5. The second-order valence-corrected chi connectivity index (χ2v) is 10.3. The highest BCUT2D eigenvalue weighted by Gasteiger charge is 2.31. The van der Waals surface area contributed by atoms with Gasteiger partial charge in [-0.1, -0.05) is 26.0 Å². The van der Waals surface area contributed by atoms with Gasteiger partial charge in [-0.3, -0.25) is 9.59 Å². The van der Waals surface area contributed by atoms with Crippen molar-refractivity contribution in [1.29, 1.82) is 0 Å². The Kier molecular flexibility index (Phi) is 10.3. The number of aliphatic hydroxyl groups excluding tert-OH is 2. The number of amides is 1. The van der Waals surface area contributed by atoms with Gasteiger partial charge in [0.2, 0.25) is 0 Å². The maximum absolute atomic E-state index is 13.7. The topological polar surface area (TPSA) is 116 Å². The predicted octanol–water partition coefficient (Wildman–Crippen LogP) is 4.95. The maximum atomic E-state index is 13.7. The molecule has 0 aliphatic carbocycles. The van der Waals surface area contributed by atoms with E-state index in [1.54, 1.807) is 0 Å². The van der Waals surface area contributed by atoms with E-state index in [1.807, 2.05) is 13.8 Å². The summed E-state index contributed by atoms with van der Waals surface area (Å²) < 4.78 is 53.9. The van der Waals surface area contributed by atoms with Crippen molar-refractivity contribution in [3.8, 4) is 5.69 Å². The molecule has 0 spiro atoms. The minimum atomic E-state index is -4.47. The van der Waals surface area contributed by atoms with Gasteiger partial charge in [-0.2, -0.15) is 18.3 Å². The van der Waals surface area contributed by atoms with Gasteiger partial charge in [0.15, 0.2) is 5.69 Å². The van der Waals surface area contributed by atoms with Gasteiger partial charge >= 0.3 is 12.1 Å². The standard InChI is InChI=1S/C29H33F4N3O5/c1-17(2)26-24(13-12-22(37)14-23(38)15-25(39)40)36(21-10-8-20(30)9-11-21)34-27(26)28(41)35(3)16-18-4-6-19(7-5-18)29(31,32)33/h4-11,17,22-23,37-38H,12-16H2,1-3H3,(H,39,40). The number of nitrogens with zero attached hydrogens (tertiary/aromatic N) is 3. The number of carbonyl (C=O) groups excluding carboxylic acids is 1. The molecule has 3 N–H and O–H groups in total. The molecule has 0 saturated heterocycles. The number of aliphatic hydroxyl groups is 2. The van der Waals surface area contributed by atoms with E-state index in [0.717, 1.165) is 12.1 Å². The lowest BCUT2D eigenvalue weighted by Crippen LogP contribution is -2.27. The number of carboxylic acids is 1. The van der Waals surface area contributed by atoms with Gasteiger partial charge in [0.1, 0.15) is 5.82 Å². The molecule has 0 aliphatic rings. The van der Waals surface area contributed by atoms with Crippen LogP contribution >= 0.6 is 0 Å². The number of carbonyl (C=O) groups is 2. The van der Waals surface area contributed by atoms with Crippen molar-refractivity contribution in [2.45, 2.75) is 70.4 Å². The average molecular weight is 580 g/mol. The summed E-state index contributed by atoms with van der Waals surface area (Å²) in [6.45, 7) is 3.73. The van der Waals surface area contributed by atoms with Gasteiger partial charge in [0, 0.05) is 24.8 Å². The Hall–Kier alpha value is -3.77. The van der Waals surface area contributed by atoms with Gasteiger partial charge < -0.3 is 20.2 Å². The minimum Gasteiger partial charge on any atom is -0.481 e. The van der Waals surface area contributed by atoms with E-state index in [2.05, 4.69) is 5.10 Å². The summed E-state index contributed by atoms with van der Waals surface area (Å²) in [5, 5.41) is 33.8. The monoisotopic (exact) mass is 579 g/mol. The van der Waals surface area contributed by atoms with Crippen molar-refractivity contribution >= 4 is 11.9 Å². The van der Waals surface area contributed by atoms with Crippen molar-refractivity contribution in [2.24, 2.45) is 0 Å². The fourth-order valence-corrected chi connectivity index (χ4v) is 4.61. The SMILES string of the molecule is CC(C)c1c(C(=O)N(C)Cc2ccc(C(F)(F)F)cc2)nn(-c2ccc(F)cc2)c1CCC(O)CC(O)CC(=O)O. The Labute approximate surface area is 234 Å². The normalized spacial score (nSPS) is 13.3. The summed E-state index contributed by atoms with van der Waals surface area (Å²) in [4.78, 5) is 25.8. The fourth-order valence-electron chi connectivity index (χ4n) is 4.61. The molecule has 12 heteroatoms. The summed E-state index contributed by atoms with van der Waals surface area (Å²) in [6.07, 6.45) is -7.08. The molecule has 2 unspecified atom stereocenters. The van der Waals surface area contributed by atoms with E-state index in [4.69, 9.17) is 5.11 Å². The molecule has 0 bridgehead atoms. The maximum Gasteiger partial charge on any atom is 0.416 e. The van der Waals surface area contributed by atoms with Gasteiger partial charge in [-0.15, -0.1) is 0 Å². The third-order valence-corrected chi connectivity index (χ3v) is 6.59. The fraction of sp³-hybridized carbons (Fsp3) is 0.414. The smallest absolute Gasteiger partial charge is 0.416 e. The van der Waals surface area contributed by atoms with Crippen molar-refractivity contribution in [1.82, 2.24) is 14.7 Å². The zero-order chi connectivity index (χ0) is 30.5. The largest absolute Gasteiger partial charge is 0.481 e. The van der Waals surface area contributed by atoms with Crippen LogP contribution in [-0.2, 0) is 23.9 Å². The summed E-state index contributed by atoms with van der Waals surface area (Å²) in [5.74, 6) is -2.35. The molecule has 0 radical (unpaired) electrons. The molecule has 0 fully saturated rings. The van der Waals surface area contributed by atoms with Crippen LogP contribution in [0, 0.1) is 5.82 Å². The number of benzene rings is 2. The van der Waals surface area contributed by atoms with Crippen LogP contribution in [0.2, 0.25) is 0 Å². The highest BCUT2D eigenvalue weighted by Crippen LogP contribution is 2.31. The van der Waals surface area contributed by atoms with Crippen LogP contribution in [0.4, 0.5) is 17.6 Å². The number of aromatic nitrogens is 2. The molecular weight excluding hydrogens is 546 g/mol. The van der Waals surface area contributed by atoms with Crippen LogP contribution in [0.1, 0.15) is 71.9 Å². The summed E-state index contributed by atoms with van der Waals surface area (Å²) in [7, 11) is 1.51. The molecule has 3 rings (SSSR count). The van der Waals surface area contributed by atoms with E-state index in [-0.39, 0.29) is 37.4 Å². The number of hydrogen-bond donors (Lipinski definition) is 3.